The molecule has 1 aliphatic heterocycles. The third kappa shape index (κ3) is 3.76. The van der Waals surface area contributed by atoms with Crippen molar-refractivity contribution in [3.63, 3.8) is 0 Å². The van der Waals surface area contributed by atoms with Gasteiger partial charge in [-0.1, -0.05) is 18.2 Å². The number of benzene rings is 1. The Balaban J connectivity index is 1.55. The fourth-order valence-electron chi connectivity index (χ4n) is 2.95. The van der Waals surface area contributed by atoms with Crippen LogP contribution in [-0.4, -0.2) is 24.5 Å². The molecule has 1 aliphatic rings. The number of imide groups is 1. The Kier molecular flexibility index (Phi) is 4.84. The Bertz CT molecular complexity index is 712. The second kappa shape index (κ2) is 7.21. The van der Waals surface area contributed by atoms with E-state index >= 15 is 0 Å². The fourth-order valence-corrected chi connectivity index (χ4v) is 2.95. The lowest BCUT2D eigenvalue weighted by molar-refractivity contribution is -0.118. The number of fused-ring (bicyclic) bond motifs is 1. The molecule has 0 aliphatic carbocycles. The fraction of sp³-hybridized carbons (Fsp3) is 0.333. The predicted molar refractivity (Wildman–Crippen MR) is 90.7 cm³/mol. The minimum absolute atomic E-state index is 0.159. The minimum atomic E-state index is -0.519. The van der Waals surface area contributed by atoms with Crippen LogP contribution in [0.3, 0.4) is 0 Å². The van der Waals surface area contributed by atoms with E-state index in [1.54, 1.807) is 12.1 Å². The summed E-state index contributed by atoms with van der Waals surface area (Å²) in [6.45, 7) is 2.50. The van der Waals surface area contributed by atoms with Gasteiger partial charge in [0.15, 0.2) is 0 Å². The van der Waals surface area contributed by atoms with Crippen molar-refractivity contribution in [3.05, 3.63) is 54.0 Å². The summed E-state index contributed by atoms with van der Waals surface area (Å²) in [4.78, 5) is 26.1. The van der Waals surface area contributed by atoms with Gasteiger partial charge in [0.25, 0.3) is 0 Å². The summed E-state index contributed by atoms with van der Waals surface area (Å²) >= 11 is 0. The molecule has 6 heteroatoms. The molecule has 3 rings (SSSR count). The van der Waals surface area contributed by atoms with Gasteiger partial charge in [-0.25, -0.2) is 4.79 Å². The van der Waals surface area contributed by atoms with Gasteiger partial charge >= 0.3 is 6.03 Å². The summed E-state index contributed by atoms with van der Waals surface area (Å²) in [5.41, 5.74) is 2.31. The first-order valence-electron chi connectivity index (χ1n) is 8.08. The van der Waals surface area contributed by atoms with Crippen LogP contribution in [0.15, 0.2) is 47.1 Å². The zero-order valence-corrected chi connectivity index (χ0v) is 13.6. The summed E-state index contributed by atoms with van der Waals surface area (Å²) in [7, 11) is 0. The Morgan fingerprint density at radius 2 is 2.08 bits per heavy atom. The van der Waals surface area contributed by atoms with Crippen molar-refractivity contribution in [1.29, 1.82) is 0 Å². The standard InChI is InChI=1S/C18H21N3O3/c1-13-8-9-14-5-2-3-7-16(14)21(13)12-17(22)20-18(23)19-11-15-6-4-10-24-15/h2-7,10,13H,8-9,11-12H2,1H3,(H2,19,20,22,23). The molecule has 2 N–H and O–H groups in total. The number of amides is 3. The maximum Gasteiger partial charge on any atom is 0.321 e. The molecule has 3 amide bonds. The molecule has 0 radical (unpaired) electrons. The van der Waals surface area contributed by atoms with Gasteiger partial charge in [0.05, 0.1) is 19.4 Å². The van der Waals surface area contributed by atoms with Gasteiger partial charge in [0.2, 0.25) is 5.91 Å². The van der Waals surface area contributed by atoms with E-state index in [1.807, 2.05) is 23.1 Å². The van der Waals surface area contributed by atoms with Crippen LogP contribution in [0, 0.1) is 0 Å². The van der Waals surface area contributed by atoms with Gasteiger partial charge in [0, 0.05) is 11.7 Å². The zero-order valence-electron chi connectivity index (χ0n) is 13.6. The number of rotatable bonds is 4. The molecule has 0 saturated heterocycles. The average molecular weight is 327 g/mol. The van der Waals surface area contributed by atoms with Crippen molar-refractivity contribution in [2.45, 2.75) is 32.4 Å². The molecule has 1 unspecified atom stereocenters. The highest BCUT2D eigenvalue weighted by Gasteiger charge is 2.24. The number of nitrogens with one attached hydrogen (secondary N) is 2. The van der Waals surface area contributed by atoms with E-state index in [9.17, 15) is 9.59 Å². The van der Waals surface area contributed by atoms with Gasteiger partial charge in [-0.2, -0.15) is 0 Å². The van der Waals surface area contributed by atoms with Crippen LogP contribution in [0.5, 0.6) is 0 Å². The SMILES string of the molecule is CC1CCc2ccccc2N1CC(=O)NC(=O)NCc1ccco1. The van der Waals surface area contributed by atoms with Crippen LogP contribution in [0.2, 0.25) is 0 Å². The van der Waals surface area contributed by atoms with Gasteiger partial charge in [-0.05, 0) is 43.5 Å². The van der Waals surface area contributed by atoms with Gasteiger partial charge < -0.3 is 14.6 Å². The Morgan fingerprint density at radius 1 is 1.25 bits per heavy atom. The lowest BCUT2D eigenvalue weighted by Crippen LogP contribution is -2.47. The van der Waals surface area contributed by atoms with Crippen molar-refractivity contribution < 1.29 is 14.0 Å². The minimum Gasteiger partial charge on any atom is -0.467 e. The Labute approximate surface area is 140 Å². The van der Waals surface area contributed by atoms with E-state index in [0.717, 1.165) is 18.5 Å². The van der Waals surface area contributed by atoms with E-state index in [2.05, 4.69) is 23.6 Å². The van der Waals surface area contributed by atoms with Crippen LogP contribution in [0.1, 0.15) is 24.7 Å². The molecule has 1 aromatic carbocycles. The predicted octanol–water partition coefficient (Wildman–Crippen LogP) is 2.45. The zero-order chi connectivity index (χ0) is 16.9. The van der Waals surface area contributed by atoms with Crippen molar-refractivity contribution in [2.75, 3.05) is 11.4 Å². The number of hydrogen-bond acceptors (Lipinski definition) is 4. The number of aryl methyl sites for hydroxylation is 1. The van der Waals surface area contributed by atoms with E-state index in [-0.39, 0.29) is 25.0 Å². The highest BCUT2D eigenvalue weighted by molar-refractivity contribution is 5.96. The Morgan fingerprint density at radius 3 is 2.88 bits per heavy atom. The molecule has 0 bridgehead atoms. The molecule has 2 aromatic rings. The van der Waals surface area contributed by atoms with Crippen LogP contribution in [-0.2, 0) is 17.8 Å². The second-order valence-electron chi connectivity index (χ2n) is 5.95. The van der Waals surface area contributed by atoms with Gasteiger partial charge in [-0.3, -0.25) is 10.1 Å². The van der Waals surface area contributed by atoms with Crippen molar-refractivity contribution in [1.82, 2.24) is 10.6 Å². The summed E-state index contributed by atoms with van der Waals surface area (Å²) in [5, 5.41) is 4.97. The molecule has 1 aromatic heterocycles. The molecule has 126 valence electrons. The van der Waals surface area contributed by atoms with Crippen LogP contribution < -0.4 is 15.5 Å². The van der Waals surface area contributed by atoms with Crippen molar-refractivity contribution in [3.8, 4) is 0 Å². The largest absolute Gasteiger partial charge is 0.467 e. The number of furan rings is 1. The van der Waals surface area contributed by atoms with E-state index < -0.39 is 6.03 Å². The van der Waals surface area contributed by atoms with E-state index in [1.165, 1.54) is 11.8 Å². The first-order valence-corrected chi connectivity index (χ1v) is 8.08. The highest BCUT2D eigenvalue weighted by Crippen LogP contribution is 2.29. The van der Waals surface area contributed by atoms with E-state index in [0.29, 0.717) is 5.76 Å². The molecule has 0 saturated carbocycles. The number of anilines is 1. The van der Waals surface area contributed by atoms with Crippen molar-refractivity contribution in [2.24, 2.45) is 0 Å². The number of carbonyl (C=O) groups is 2. The number of urea groups is 1. The molecule has 2 heterocycles. The highest BCUT2D eigenvalue weighted by atomic mass is 16.3. The lowest BCUT2D eigenvalue weighted by atomic mass is 9.97. The van der Waals surface area contributed by atoms with Gasteiger partial charge in [-0.15, -0.1) is 0 Å². The first kappa shape index (κ1) is 16.1. The van der Waals surface area contributed by atoms with Crippen LogP contribution in [0.25, 0.3) is 0 Å². The quantitative estimate of drug-likeness (QED) is 0.904. The van der Waals surface area contributed by atoms with Crippen LogP contribution >= 0.6 is 0 Å². The molecular formula is C18H21N3O3. The summed E-state index contributed by atoms with van der Waals surface area (Å²) in [6, 6.07) is 11.3. The first-order chi connectivity index (χ1) is 11.6. The maximum absolute atomic E-state index is 12.2. The molecule has 1 atom stereocenters. The average Bonchev–Trinajstić information content (AvgIpc) is 3.09. The monoisotopic (exact) mass is 327 g/mol. The molecule has 24 heavy (non-hydrogen) atoms. The normalized spacial score (nSPS) is 16.4. The van der Waals surface area contributed by atoms with E-state index in [4.69, 9.17) is 4.42 Å². The molecule has 6 nitrogen and oxygen atoms in total. The second-order valence-corrected chi connectivity index (χ2v) is 5.95. The summed E-state index contributed by atoms with van der Waals surface area (Å²) < 4.78 is 5.13. The van der Waals surface area contributed by atoms with Crippen LogP contribution in [0.4, 0.5) is 10.5 Å². The van der Waals surface area contributed by atoms with Crippen molar-refractivity contribution >= 4 is 17.6 Å². The lowest BCUT2D eigenvalue weighted by Gasteiger charge is -2.36. The number of nitrogens with zero attached hydrogens (tertiary/aromatic N) is 1. The third-order valence-corrected chi connectivity index (χ3v) is 4.23. The summed E-state index contributed by atoms with van der Waals surface area (Å²) in [6.07, 6.45) is 3.54. The third-order valence-electron chi connectivity index (χ3n) is 4.23. The summed E-state index contributed by atoms with van der Waals surface area (Å²) in [5.74, 6) is 0.312. The molecule has 0 spiro atoms. The number of para-hydroxylation sites is 1. The topological polar surface area (TPSA) is 74.6 Å². The number of hydrogen-bond donors (Lipinski definition) is 2. The Hall–Kier alpha value is -2.76. The van der Waals surface area contributed by atoms with Gasteiger partial charge in [0.1, 0.15) is 5.76 Å². The smallest absolute Gasteiger partial charge is 0.321 e. The molecule has 0 fully saturated rings. The maximum atomic E-state index is 12.2. The molecular weight excluding hydrogens is 306 g/mol. The number of carbonyl (C=O) groups excluding carboxylic acids is 2.